The summed E-state index contributed by atoms with van der Waals surface area (Å²) in [5.74, 6) is -1.61. The van der Waals surface area contributed by atoms with Crippen molar-refractivity contribution in [3.63, 3.8) is 0 Å². The van der Waals surface area contributed by atoms with E-state index in [1.54, 1.807) is 13.0 Å². The maximum Gasteiger partial charge on any atom is 0.306 e. The molecule has 0 spiro atoms. The Labute approximate surface area is 116 Å². The van der Waals surface area contributed by atoms with Crippen LogP contribution in [0, 0.1) is 11.7 Å². The Morgan fingerprint density at radius 2 is 2.20 bits per heavy atom. The number of carbonyl (C=O) groups excluding carboxylic acids is 1. The van der Waals surface area contributed by atoms with Gasteiger partial charge in [-0.3, -0.25) is 9.59 Å². The summed E-state index contributed by atoms with van der Waals surface area (Å²) in [7, 11) is 0. The van der Waals surface area contributed by atoms with Gasteiger partial charge in [0.15, 0.2) is 0 Å². The largest absolute Gasteiger partial charge is 0.493 e. The molecule has 1 amide bonds. The molecule has 20 heavy (non-hydrogen) atoms. The molecule has 0 aliphatic carbocycles. The predicted molar refractivity (Wildman–Crippen MR) is 70.9 cm³/mol. The van der Waals surface area contributed by atoms with Gasteiger partial charge in [-0.05, 0) is 18.6 Å². The lowest BCUT2D eigenvalue weighted by Crippen LogP contribution is -2.28. The van der Waals surface area contributed by atoms with Gasteiger partial charge < -0.3 is 15.2 Å². The van der Waals surface area contributed by atoms with Crippen LogP contribution in [0.3, 0.4) is 0 Å². The van der Waals surface area contributed by atoms with E-state index in [1.807, 2.05) is 0 Å². The lowest BCUT2D eigenvalue weighted by Gasteiger charge is -2.09. The average Bonchev–Trinajstić information content (AvgIpc) is 2.38. The molecule has 5 nitrogen and oxygen atoms in total. The van der Waals surface area contributed by atoms with Crippen molar-refractivity contribution in [2.75, 3.05) is 13.2 Å². The van der Waals surface area contributed by atoms with Gasteiger partial charge in [0.25, 0.3) is 0 Å². The minimum atomic E-state index is -0.881. The molecule has 1 aromatic carbocycles. The maximum atomic E-state index is 12.9. The molecule has 1 rings (SSSR count). The SMILES string of the molecule is CC(CCNC(=O)CCOc1cccc(F)c1)C(=O)O. The van der Waals surface area contributed by atoms with Crippen LogP contribution in [0.15, 0.2) is 24.3 Å². The number of carboxylic acids is 1. The van der Waals surface area contributed by atoms with Crippen LogP contribution in [0.4, 0.5) is 4.39 Å². The van der Waals surface area contributed by atoms with E-state index in [2.05, 4.69) is 5.32 Å². The van der Waals surface area contributed by atoms with E-state index in [4.69, 9.17) is 9.84 Å². The number of carbonyl (C=O) groups is 2. The van der Waals surface area contributed by atoms with Crippen LogP contribution in [-0.4, -0.2) is 30.1 Å². The van der Waals surface area contributed by atoms with E-state index >= 15 is 0 Å². The molecular formula is C14H18FNO4. The summed E-state index contributed by atoms with van der Waals surface area (Å²) < 4.78 is 18.1. The van der Waals surface area contributed by atoms with Crippen LogP contribution < -0.4 is 10.1 Å². The van der Waals surface area contributed by atoms with Crippen LogP contribution in [0.25, 0.3) is 0 Å². The van der Waals surface area contributed by atoms with E-state index in [1.165, 1.54) is 18.2 Å². The van der Waals surface area contributed by atoms with Crippen molar-refractivity contribution in [1.29, 1.82) is 0 Å². The second kappa shape index (κ2) is 8.14. The highest BCUT2D eigenvalue weighted by molar-refractivity contribution is 5.76. The molecular weight excluding hydrogens is 265 g/mol. The molecule has 1 aromatic rings. The summed E-state index contributed by atoms with van der Waals surface area (Å²) in [5.41, 5.74) is 0. The van der Waals surface area contributed by atoms with Gasteiger partial charge >= 0.3 is 5.97 Å². The highest BCUT2D eigenvalue weighted by Gasteiger charge is 2.10. The molecule has 0 fully saturated rings. The van der Waals surface area contributed by atoms with Crippen LogP contribution in [0.5, 0.6) is 5.75 Å². The van der Waals surface area contributed by atoms with Gasteiger partial charge in [0.2, 0.25) is 5.91 Å². The molecule has 0 radical (unpaired) electrons. The zero-order valence-electron chi connectivity index (χ0n) is 11.3. The number of aliphatic carboxylic acids is 1. The van der Waals surface area contributed by atoms with Gasteiger partial charge in [0, 0.05) is 12.6 Å². The Hall–Kier alpha value is -2.11. The topological polar surface area (TPSA) is 75.6 Å². The summed E-state index contributed by atoms with van der Waals surface area (Å²) in [5, 5.41) is 11.3. The number of nitrogens with one attached hydrogen (secondary N) is 1. The van der Waals surface area contributed by atoms with Gasteiger partial charge in [-0.2, -0.15) is 0 Å². The van der Waals surface area contributed by atoms with E-state index in [9.17, 15) is 14.0 Å². The Bertz CT molecular complexity index is 464. The molecule has 2 N–H and O–H groups in total. The smallest absolute Gasteiger partial charge is 0.306 e. The molecule has 0 saturated heterocycles. The molecule has 6 heteroatoms. The Kier molecular flexibility index (Phi) is 6.49. The molecule has 0 aromatic heterocycles. The van der Waals surface area contributed by atoms with E-state index < -0.39 is 17.7 Å². The number of hydrogen-bond donors (Lipinski definition) is 2. The summed E-state index contributed by atoms with van der Waals surface area (Å²) in [6.45, 7) is 2.04. The first-order valence-electron chi connectivity index (χ1n) is 6.37. The van der Waals surface area contributed by atoms with Gasteiger partial charge in [-0.15, -0.1) is 0 Å². The fourth-order valence-electron chi connectivity index (χ4n) is 1.46. The van der Waals surface area contributed by atoms with Crippen molar-refractivity contribution in [1.82, 2.24) is 5.32 Å². The van der Waals surface area contributed by atoms with Crippen LogP contribution in [0.1, 0.15) is 19.8 Å². The quantitative estimate of drug-likeness (QED) is 0.763. The Morgan fingerprint density at radius 3 is 2.85 bits per heavy atom. The second-order valence-corrected chi connectivity index (χ2v) is 4.43. The number of halogens is 1. The van der Waals surface area contributed by atoms with Crippen molar-refractivity contribution in [3.05, 3.63) is 30.1 Å². The minimum Gasteiger partial charge on any atom is -0.493 e. The van der Waals surface area contributed by atoms with Crippen molar-refractivity contribution in [2.24, 2.45) is 5.92 Å². The third-order valence-electron chi connectivity index (χ3n) is 2.72. The fraction of sp³-hybridized carbons (Fsp3) is 0.429. The summed E-state index contributed by atoms with van der Waals surface area (Å²) in [6.07, 6.45) is 0.518. The molecule has 1 unspecified atom stereocenters. The average molecular weight is 283 g/mol. The normalized spacial score (nSPS) is 11.7. The Morgan fingerprint density at radius 1 is 1.45 bits per heavy atom. The lowest BCUT2D eigenvalue weighted by atomic mass is 10.1. The first-order chi connectivity index (χ1) is 9.49. The van der Waals surface area contributed by atoms with Gasteiger partial charge in [0.05, 0.1) is 18.9 Å². The summed E-state index contributed by atoms with van der Waals surface area (Å²) in [6, 6.07) is 5.68. The van der Waals surface area contributed by atoms with Crippen LogP contribution >= 0.6 is 0 Å². The molecule has 1 atom stereocenters. The standard InChI is InChI=1S/C14H18FNO4/c1-10(14(18)19)5-7-16-13(17)6-8-20-12-4-2-3-11(15)9-12/h2-4,9-10H,5-8H2,1H3,(H,16,17)(H,18,19). The van der Waals surface area contributed by atoms with E-state index in [0.29, 0.717) is 18.7 Å². The maximum absolute atomic E-state index is 12.9. The molecule has 0 aliphatic heterocycles. The predicted octanol–water partition coefficient (Wildman–Crippen LogP) is 1.82. The van der Waals surface area contributed by atoms with Crippen molar-refractivity contribution in [2.45, 2.75) is 19.8 Å². The number of rotatable bonds is 8. The fourth-order valence-corrected chi connectivity index (χ4v) is 1.46. The zero-order valence-corrected chi connectivity index (χ0v) is 11.3. The number of amides is 1. The zero-order chi connectivity index (χ0) is 15.0. The van der Waals surface area contributed by atoms with Gasteiger partial charge in [0.1, 0.15) is 11.6 Å². The minimum absolute atomic E-state index is 0.137. The highest BCUT2D eigenvalue weighted by atomic mass is 19.1. The molecule has 0 heterocycles. The van der Waals surface area contributed by atoms with E-state index in [-0.39, 0.29) is 18.9 Å². The Balaban J connectivity index is 2.16. The van der Waals surface area contributed by atoms with Crippen molar-refractivity contribution in [3.8, 4) is 5.75 Å². The summed E-state index contributed by atoms with van der Waals surface area (Å²) in [4.78, 5) is 22.0. The van der Waals surface area contributed by atoms with Crippen LogP contribution in [-0.2, 0) is 9.59 Å². The number of benzene rings is 1. The number of ether oxygens (including phenoxy) is 1. The highest BCUT2D eigenvalue weighted by Crippen LogP contribution is 2.11. The lowest BCUT2D eigenvalue weighted by molar-refractivity contribution is -0.141. The van der Waals surface area contributed by atoms with Crippen molar-refractivity contribution >= 4 is 11.9 Å². The molecule has 110 valence electrons. The molecule has 0 aliphatic rings. The van der Waals surface area contributed by atoms with Gasteiger partial charge in [-0.25, -0.2) is 4.39 Å². The van der Waals surface area contributed by atoms with Gasteiger partial charge in [-0.1, -0.05) is 13.0 Å². The third-order valence-corrected chi connectivity index (χ3v) is 2.72. The molecule has 0 saturated carbocycles. The number of carboxylic acid groups (broad SMARTS) is 1. The first-order valence-corrected chi connectivity index (χ1v) is 6.37. The first kappa shape index (κ1) is 15.9. The third kappa shape index (κ3) is 6.17. The van der Waals surface area contributed by atoms with Crippen molar-refractivity contribution < 1.29 is 23.8 Å². The monoisotopic (exact) mass is 283 g/mol. The van der Waals surface area contributed by atoms with E-state index in [0.717, 1.165) is 0 Å². The second-order valence-electron chi connectivity index (χ2n) is 4.43. The summed E-state index contributed by atoms with van der Waals surface area (Å²) >= 11 is 0. The van der Waals surface area contributed by atoms with Crippen LogP contribution in [0.2, 0.25) is 0 Å². The molecule has 0 bridgehead atoms. The number of hydrogen-bond acceptors (Lipinski definition) is 3.